The van der Waals surface area contributed by atoms with E-state index in [1.54, 1.807) is 12.3 Å². The maximum atomic E-state index is 5.92. The highest BCUT2D eigenvalue weighted by atomic mass is 35.5. The quantitative estimate of drug-likeness (QED) is 0.784. The van der Waals surface area contributed by atoms with Crippen LogP contribution >= 0.6 is 11.6 Å². The normalized spacial score (nSPS) is 17.3. The van der Waals surface area contributed by atoms with Gasteiger partial charge in [-0.3, -0.25) is 4.90 Å². The number of likely N-dealkylation sites (tertiary alicyclic amines) is 1. The SMILES string of the molecule is COc1ncc(OC2CN(C)C2)cc1Cl. The van der Waals surface area contributed by atoms with E-state index in [9.17, 15) is 0 Å². The van der Waals surface area contributed by atoms with E-state index in [1.807, 2.05) is 0 Å². The average molecular weight is 229 g/mol. The summed E-state index contributed by atoms with van der Waals surface area (Å²) < 4.78 is 10.6. The van der Waals surface area contributed by atoms with Crippen molar-refractivity contribution >= 4 is 11.6 Å². The molecule has 1 saturated heterocycles. The topological polar surface area (TPSA) is 34.6 Å². The van der Waals surface area contributed by atoms with Crippen molar-refractivity contribution in [2.45, 2.75) is 6.10 Å². The number of hydrogen-bond donors (Lipinski definition) is 0. The van der Waals surface area contributed by atoms with Gasteiger partial charge in [0.15, 0.2) is 0 Å². The second-order valence-corrected chi connectivity index (χ2v) is 4.03. The molecule has 1 aromatic rings. The Morgan fingerprint density at radius 1 is 1.53 bits per heavy atom. The van der Waals surface area contributed by atoms with Gasteiger partial charge in [-0.15, -0.1) is 0 Å². The van der Waals surface area contributed by atoms with E-state index in [4.69, 9.17) is 21.1 Å². The molecule has 5 heteroatoms. The molecule has 0 unspecified atom stereocenters. The summed E-state index contributed by atoms with van der Waals surface area (Å²) >= 11 is 5.92. The molecule has 1 aliphatic rings. The van der Waals surface area contributed by atoms with Crippen molar-refractivity contribution in [1.29, 1.82) is 0 Å². The van der Waals surface area contributed by atoms with Crippen LogP contribution in [0.25, 0.3) is 0 Å². The predicted molar refractivity (Wildman–Crippen MR) is 57.7 cm³/mol. The number of ether oxygens (including phenoxy) is 2. The number of rotatable bonds is 3. The molecule has 82 valence electrons. The third-order valence-corrected chi connectivity index (χ3v) is 2.58. The molecule has 0 amide bonds. The predicted octanol–water partition coefficient (Wildman–Crippen LogP) is 1.44. The van der Waals surface area contributed by atoms with Crippen molar-refractivity contribution in [2.75, 3.05) is 27.2 Å². The van der Waals surface area contributed by atoms with Gasteiger partial charge >= 0.3 is 0 Å². The number of nitrogens with zero attached hydrogens (tertiary/aromatic N) is 2. The zero-order valence-corrected chi connectivity index (χ0v) is 9.49. The van der Waals surface area contributed by atoms with Crippen LogP contribution in [0.2, 0.25) is 5.02 Å². The van der Waals surface area contributed by atoms with E-state index in [-0.39, 0.29) is 6.10 Å². The smallest absolute Gasteiger partial charge is 0.232 e. The second kappa shape index (κ2) is 4.24. The van der Waals surface area contributed by atoms with Gasteiger partial charge in [0.05, 0.1) is 13.3 Å². The van der Waals surface area contributed by atoms with E-state index >= 15 is 0 Å². The number of halogens is 1. The van der Waals surface area contributed by atoms with Crippen LogP contribution in [0.3, 0.4) is 0 Å². The summed E-state index contributed by atoms with van der Waals surface area (Å²) in [5, 5.41) is 0.475. The first-order valence-corrected chi connectivity index (χ1v) is 5.11. The zero-order valence-electron chi connectivity index (χ0n) is 8.74. The van der Waals surface area contributed by atoms with Crippen molar-refractivity contribution in [3.63, 3.8) is 0 Å². The van der Waals surface area contributed by atoms with Crippen LogP contribution in [0.15, 0.2) is 12.3 Å². The first kappa shape index (κ1) is 10.5. The minimum Gasteiger partial charge on any atom is -0.486 e. The Balaban J connectivity index is 2.00. The lowest BCUT2D eigenvalue weighted by Crippen LogP contribution is -2.51. The molecule has 0 atom stereocenters. The maximum absolute atomic E-state index is 5.92. The van der Waals surface area contributed by atoms with E-state index < -0.39 is 0 Å². The summed E-state index contributed by atoms with van der Waals surface area (Å²) in [6.07, 6.45) is 1.88. The molecule has 4 nitrogen and oxygen atoms in total. The minimum atomic E-state index is 0.251. The summed E-state index contributed by atoms with van der Waals surface area (Å²) in [6, 6.07) is 1.73. The van der Waals surface area contributed by atoms with Gasteiger partial charge in [-0.2, -0.15) is 0 Å². The maximum Gasteiger partial charge on any atom is 0.232 e. The van der Waals surface area contributed by atoms with E-state index in [2.05, 4.69) is 16.9 Å². The number of likely N-dealkylation sites (N-methyl/N-ethyl adjacent to an activating group) is 1. The van der Waals surface area contributed by atoms with Gasteiger partial charge in [0.25, 0.3) is 0 Å². The monoisotopic (exact) mass is 228 g/mol. The molecular formula is C10H13ClN2O2. The van der Waals surface area contributed by atoms with Crippen molar-refractivity contribution in [3.05, 3.63) is 17.3 Å². The summed E-state index contributed by atoms with van der Waals surface area (Å²) in [5.74, 6) is 1.12. The number of methoxy groups -OCH3 is 1. The Hall–Kier alpha value is -1.00. The molecule has 0 aromatic carbocycles. The van der Waals surface area contributed by atoms with Crippen molar-refractivity contribution in [2.24, 2.45) is 0 Å². The third kappa shape index (κ3) is 2.33. The minimum absolute atomic E-state index is 0.251. The summed E-state index contributed by atoms with van der Waals surface area (Å²) in [7, 11) is 3.59. The average Bonchev–Trinajstić information content (AvgIpc) is 2.16. The van der Waals surface area contributed by atoms with Crippen molar-refractivity contribution in [1.82, 2.24) is 9.88 Å². The molecule has 15 heavy (non-hydrogen) atoms. The highest BCUT2D eigenvalue weighted by molar-refractivity contribution is 6.31. The Kier molecular flexibility index (Phi) is 2.98. The Morgan fingerprint density at radius 2 is 2.27 bits per heavy atom. The lowest BCUT2D eigenvalue weighted by Gasteiger charge is -2.35. The van der Waals surface area contributed by atoms with Gasteiger partial charge in [0.2, 0.25) is 5.88 Å². The van der Waals surface area contributed by atoms with Gasteiger partial charge in [0.1, 0.15) is 16.9 Å². The molecule has 0 aliphatic carbocycles. The Morgan fingerprint density at radius 3 is 2.80 bits per heavy atom. The third-order valence-electron chi connectivity index (χ3n) is 2.31. The van der Waals surface area contributed by atoms with Crippen LogP contribution in [-0.4, -0.2) is 43.2 Å². The number of pyridine rings is 1. The lowest BCUT2D eigenvalue weighted by atomic mass is 10.2. The highest BCUT2D eigenvalue weighted by Gasteiger charge is 2.25. The molecule has 0 N–H and O–H groups in total. The number of hydrogen-bond acceptors (Lipinski definition) is 4. The van der Waals surface area contributed by atoms with Crippen LogP contribution in [0, 0.1) is 0 Å². The Bertz CT molecular complexity index is 353. The Labute approximate surface area is 93.8 Å². The molecule has 0 bridgehead atoms. The molecule has 1 aliphatic heterocycles. The number of aromatic nitrogens is 1. The van der Waals surface area contributed by atoms with Gasteiger partial charge in [-0.25, -0.2) is 4.98 Å². The van der Waals surface area contributed by atoms with Crippen LogP contribution in [0.1, 0.15) is 0 Å². The first-order valence-electron chi connectivity index (χ1n) is 4.74. The summed E-state index contributed by atoms with van der Waals surface area (Å²) in [4.78, 5) is 6.22. The van der Waals surface area contributed by atoms with Gasteiger partial charge in [-0.05, 0) is 7.05 Å². The van der Waals surface area contributed by atoms with Gasteiger partial charge in [-0.1, -0.05) is 11.6 Å². The van der Waals surface area contributed by atoms with Crippen LogP contribution in [-0.2, 0) is 0 Å². The fourth-order valence-electron chi connectivity index (χ4n) is 1.53. The molecule has 0 saturated carbocycles. The lowest BCUT2D eigenvalue weighted by molar-refractivity contribution is 0.0385. The van der Waals surface area contributed by atoms with Crippen LogP contribution in [0.5, 0.6) is 11.6 Å². The second-order valence-electron chi connectivity index (χ2n) is 3.62. The van der Waals surface area contributed by atoms with Crippen molar-refractivity contribution in [3.8, 4) is 11.6 Å². The van der Waals surface area contributed by atoms with Crippen LogP contribution in [0.4, 0.5) is 0 Å². The first-order chi connectivity index (χ1) is 7.19. The molecule has 0 radical (unpaired) electrons. The standard InChI is InChI=1S/C10H13ClN2O2/c1-13-5-8(6-13)15-7-3-9(11)10(14-2)12-4-7/h3-4,8H,5-6H2,1-2H3. The summed E-state index contributed by atoms with van der Waals surface area (Å²) in [6.45, 7) is 1.90. The van der Waals surface area contributed by atoms with Crippen LogP contribution < -0.4 is 9.47 Å². The fraction of sp³-hybridized carbons (Fsp3) is 0.500. The largest absolute Gasteiger partial charge is 0.486 e. The van der Waals surface area contributed by atoms with Gasteiger partial charge in [0, 0.05) is 19.2 Å². The summed E-state index contributed by atoms with van der Waals surface area (Å²) in [5.41, 5.74) is 0. The highest BCUT2D eigenvalue weighted by Crippen LogP contribution is 2.26. The molecular weight excluding hydrogens is 216 g/mol. The zero-order chi connectivity index (χ0) is 10.8. The van der Waals surface area contributed by atoms with E-state index in [1.165, 1.54) is 7.11 Å². The molecule has 1 fully saturated rings. The molecule has 2 rings (SSSR count). The molecule has 2 heterocycles. The van der Waals surface area contributed by atoms with E-state index in [0.717, 1.165) is 13.1 Å². The van der Waals surface area contributed by atoms with Gasteiger partial charge < -0.3 is 9.47 Å². The molecule has 1 aromatic heterocycles. The fourth-order valence-corrected chi connectivity index (χ4v) is 1.76. The molecule has 0 spiro atoms. The van der Waals surface area contributed by atoms with E-state index in [0.29, 0.717) is 16.7 Å². The van der Waals surface area contributed by atoms with Crippen molar-refractivity contribution < 1.29 is 9.47 Å².